The Labute approximate surface area is 113 Å². The number of hydrogen-bond acceptors (Lipinski definition) is 4. The lowest BCUT2D eigenvalue weighted by atomic mass is 10.2. The molecule has 1 atom stereocenters. The van der Waals surface area contributed by atoms with Crippen LogP contribution in [0.25, 0.3) is 0 Å². The van der Waals surface area contributed by atoms with Crippen LogP contribution in [-0.2, 0) is 4.74 Å². The number of nitrogens with zero attached hydrogens (tertiary/aromatic N) is 3. The SMILES string of the molecule is Cc1cc(N2CCOCC2)nc(N2CCC(F)C2)c1. The van der Waals surface area contributed by atoms with Crippen LogP contribution in [0.3, 0.4) is 0 Å². The van der Waals surface area contributed by atoms with Gasteiger partial charge < -0.3 is 14.5 Å². The summed E-state index contributed by atoms with van der Waals surface area (Å²) in [4.78, 5) is 8.99. The summed E-state index contributed by atoms with van der Waals surface area (Å²) in [5, 5.41) is 0. The molecular formula is C14H20FN3O. The van der Waals surface area contributed by atoms with E-state index in [-0.39, 0.29) is 0 Å². The van der Waals surface area contributed by atoms with E-state index in [0.717, 1.165) is 44.5 Å². The fourth-order valence-electron chi connectivity index (χ4n) is 2.67. The van der Waals surface area contributed by atoms with Gasteiger partial charge in [-0.1, -0.05) is 0 Å². The number of aromatic nitrogens is 1. The number of pyridine rings is 1. The van der Waals surface area contributed by atoms with Crippen LogP contribution in [0.4, 0.5) is 16.0 Å². The van der Waals surface area contributed by atoms with E-state index in [0.29, 0.717) is 13.0 Å². The first-order valence-corrected chi connectivity index (χ1v) is 6.93. The van der Waals surface area contributed by atoms with E-state index < -0.39 is 6.17 Å². The molecule has 1 unspecified atom stereocenters. The van der Waals surface area contributed by atoms with Gasteiger partial charge in [0.25, 0.3) is 0 Å². The van der Waals surface area contributed by atoms with Gasteiger partial charge in [-0.15, -0.1) is 0 Å². The van der Waals surface area contributed by atoms with Crippen LogP contribution in [0.15, 0.2) is 12.1 Å². The molecular weight excluding hydrogens is 245 g/mol. The third-order valence-corrected chi connectivity index (χ3v) is 3.73. The molecule has 0 saturated carbocycles. The average molecular weight is 265 g/mol. The summed E-state index contributed by atoms with van der Waals surface area (Å²) in [6.07, 6.45) is -0.100. The van der Waals surface area contributed by atoms with Gasteiger partial charge in [-0.25, -0.2) is 9.37 Å². The fraction of sp³-hybridized carbons (Fsp3) is 0.643. The molecule has 0 N–H and O–H groups in total. The van der Waals surface area contributed by atoms with Crippen molar-refractivity contribution in [2.75, 3.05) is 49.2 Å². The van der Waals surface area contributed by atoms with Crippen molar-refractivity contribution in [1.82, 2.24) is 4.98 Å². The molecule has 5 heteroatoms. The number of anilines is 2. The lowest BCUT2D eigenvalue weighted by molar-refractivity contribution is 0.122. The molecule has 2 aliphatic heterocycles. The molecule has 0 radical (unpaired) electrons. The molecule has 0 bridgehead atoms. The van der Waals surface area contributed by atoms with Gasteiger partial charge >= 0.3 is 0 Å². The van der Waals surface area contributed by atoms with E-state index in [2.05, 4.69) is 17.9 Å². The first kappa shape index (κ1) is 12.7. The Balaban J connectivity index is 1.83. The van der Waals surface area contributed by atoms with Crippen LogP contribution >= 0.6 is 0 Å². The van der Waals surface area contributed by atoms with Crippen molar-refractivity contribution in [3.05, 3.63) is 17.7 Å². The number of ether oxygens (including phenoxy) is 1. The average Bonchev–Trinajstić information content (AvgIpc) is 2.86. The number of morpholine rings is 1. The summed E-state index contributed by atoms with van der Waals surface area (Å²) >= 11 is 0. The maximum atomic E-state index is 13.3. The quantitative estimate of drug-likeness (QED) is 0.815. The summed E-state index contributed by atoms with van der Waals surface area (Å²) in [7, 11) is 0. The highest BCUT2D eigenvalue weighted by Crippen LogP contribution is 2.25. The third kappa shape index (κ3) is 2.81. The standard InChI is InChI=1S/C14H20FN3O/c1-11-8-13(17-4-6-19-7-5-17)16-14(9-11)18-3-2-12(15)10-18/h8-9,12H,2-7,10H2,1H3. The van der Waals surface area contributed by atoms with E-state index >= 15 is 0 Å². The summed E-state index contributed by atoms with van der Waals surface area (Å²) in [6, 6.07) is 4.14. The second kappa shape index (κ2) is 5.33. The van der Waals surface area contributed by atoms with Crippen molar-refractivity contribution < 1.29 is 9.13 Å². The van der Waals surface area contributed by atoms with Crippen LogP contribution in [0, 0.1) is 6.92 Å². The first-order chi connectivity index (χ1) is 9.22. The van der Waals surface area contributed by atoms with Gasteiger partial charge in [0.2, 0.25) is 0 Å². The zero-order valence-corrected chi connectivity index (χ0v) is 11.3. The normalized spacial score (nSPS) is 24.0. The fourth-order valence-corrected chi connectivity index (χ4v) is 2.67. The molecule has 1 aromatic rings. The van der Waals surface area contributed by atoms with Gasteiger partial charge in [-0.3, -0.25) is 0 Å². The molecule has 0 amide bonds. The molecule has 0 spiro atoms. The van der Waals surface area contributed by atoms with Crippen molar-refractivity contribution >= 4 is 11.6 Å². The summed E-state index contributed by atoms with van der Waals surface area (Å²) in [5.74, 6) is 1.89. The Hall–Kier alpha value is -1.36. The van der Waals surface area contributed by atoms with Crippen molar-refractivity contribution in [3.63, 3.8) is 0 Å². The van der Waals surface area contributed by atoms with Crippen LogP contribution < -0.4 is 9.80 Å². The van der Waals surface area contributed by atoms with E-state index in [1.165, 1.54) is 5.56 Å². The van der Waals surface area contributed by atoms with Crippen molar-refractivity contribution in [2.24, 2.45) is 0 Å². The molecule has 2 saturated heterocycles. The predicted molar refractivity (Wildman–Crippen MR) is 73.7 cm³/mol. The molecule has 0 aromatic carbocycles. The number of halogens is 1. The van der Waals surface area contributed by atoms with Gasteiger partial charge in [-0.05, 0) is 31.0 Å². The number of aryl methyl sites for hydroxylation is 1. The molecule has 104 valence electrons. The Morgan fingerprint density at radius 1 is 1.16 bits per heavy atom. The number of rotatable bonds is 2. The Morgan fingerprint density at radius 3 is 2.47 bits per heavy atom. The molecule has 3 heterocycles. The van der Waals surface area contributed by atoms with Crippen LogP contribution in [-0.4, -0.2) is 50.5 Å². The molecule has 2 fully saturated rings. The van der Waals surface area contributed by atoms with Crippen molar-refractivity contribution in [2.45, 2.75) is 19.5 Å². The van der Waals surface area contributed by atoms with Gasteiger partial charge in [0.1, 0.15) is 17.8 Å². The van der Waals surface area contributed by atoms with E-state index in [9.17, 15) is 4.39 Å². The van der Waals surface area contributed by atoms with Gasteiger partial charge in [0, 0.05) is 19.6 Å². The Kier molecular flexibility index (Phi) is 3.55. The Morgan fingerprint density at radius 2 is 1.84 bits per heavy atom. The summed E-state index contributed by atoms with van der Waals surface area (Å²) < 4.78 is 18.7. The summed E-state index contributed by atoms with van der Waals surface area (Å²) in [5.41, 5.74) is 1.17. The minimum atomic E-state index is -0.714. The topological polar surface area (TPSA) is 28.6 Å². The Bertz CT molecular complexity index is 425. The summed E-state index contributed by atoms with van der Waals surface area (Å²) in [6.45, 7) is 6.56. The zero-order valence-electron chi connectivity index (χ0n) is 11.3. The van der Waals surface area contributed by atoms with E-state index in [1.54, 1.807) is 0 Å². The lowest BCUT2D eigenvalue weighted by Crippen LogP contribution is -2.37. The predicted octanol–water partition coefficient (Wildman–Crippen LogP) is 1.77. The molecule has 19 heavy (non-hydrogen) atoms. The highest BCUT2D eigenvalue weighted by atomic mass is 19.1. The molecule has 2 aliphatic rings. The molecule has 0 aliphatic carbocycles. The largest absolute Gasteiger partial charge is 0.378 e. The van der Waals surface area contributed by atoms with Gasteiger partial charge in [-0.2, -0.15) is 0 Å². The number of alkyl halides is 1. The lowest BCUT2D eigenvalue weighted by Gasteiger charge is -2.29. The first-order valence-electron chi connectivity index (χ1n) is 6.93. The second-order valence-corrected chi connectivity index (χ2v) is 5.29. The molecule has 3 rings (SSSR count). The maximum absolute atomic E-state index is 13.3. The van der Waals surface area contributed by atoms with Crippen molar-refractivity contribution in [1.29, 1.82) is 0 Å². The van der Waals surface area contributed by atoms with Crippen molar-refractivity contribution in [3.8, 4) is 0 Å². The van der Waals surface area contributed by atoms with Crippen LogP contribution in [0.2, 0.25) is 0 Å². The van der Waals surface area contributed by atoms with Gasteiger partial charge in [0.15, 0.2) is 0 Å². The third-order valence-electron chi connectivity index (χ3n) is 3.73. The van der Waals surface area contributed by atoms with Crippen LogP contribution in [0.5, 0.6) is 0 Å². The smallest absolute Gasteiger partial charge is 0.131 e. The minimum absolute atomic E-state index is 0.471. The highest BCUT2D eigenvalue weighted by Gasteiger charge is 2.24. The minimum Gasteiger partial charge on any atom is -0.378 e. The number of hydrogen-bond donors (Lipinski definition) is 0. The molecule has 1 aromatic heterocycles. The molecule has 4 nitrogen and oxygen atoms in total. The van der Waals surface area contributed by atoms with Gasteiger partial charge in [0.05, 0.1) is 19.8 Å². The maximum Gasteiger partial charge on any atom is 0.131 e. The zero-order chi connectivity index (χ0) is 13.2. The second-order valence-electron chi connectivity index (χ2n) is 5.29. The monoisotopic (exact) mass is 265 g/mol. The van der Waals surface area contributed by atoms with E-state index in [4.69, 9.17) is 9.72 Å². The van der Waals surface area contributed by atoms with Crippen LogP contribution in [0.1, 0.15) is 12.0 Å². The van der Waals surface area contributed by atoms with E-state index in [1.807, 2.05) is 11.0 Å². The highest BCUT2D eigenvalue weighted by molar-refractivity contribution is 5.52.